The maximum atomic E-state index is 12.3. The Morgan fingerprint density at radius 1 is 1.32 bits per heavy atom. The van der Waals surface area contributed by atoms with Gasteiger partial charge in [-0.25, -0.2) is 4.68 Å². The second-order valence-electron chi connectivity index (χ2n) is 4.76. The Bertz CT molecular complexity index is 626. The smallest absolute Gasteiger partial charge is 0.274 e. The second kappa shape index (κ2) is 5.32. The average molecular weight is 262 g/mol. The van der Waals surface area contributed by atoms with Gasteiger partial charge in [-0.2, -0.15) is 0 Å². The molecule has 0 saturated carbocycles. The van der Waals surface area contributed by atoms with Gasteiger partial charge in [0.2, 0.25) is 0 Å². The summed E-state index contributed by atoms with van der Waals surface area (Å²) in [6.07, 6.45) is 0.309. The van der Waals surface area contributed by atoms with Crippen LogP contribution in [-0.4, -0.2) is 26.6 Å². The molecule has 0 radical (unpaired) electrons. The van der Waals surface area contributed by atoms with Gasteiger partial charge in [-0.1, -0.05) is 26.0 Å². The zero-order chi connectivity index (χ0) is 14.0. The van der Waals surface area contributed by atoms with Crippen molar-refractivity contribution in [1.82, 2.24) is 9.78 Å². The summed E-state index contributed by atoms with van der Waals surface area (Å²) in [6.45, 7) is 3.87. The minimum atomic E-state index is -0.223. The highest BCUT2D eigenvalue weighted by atomic mass is 16.3. The number of aromatic hydroxyl groups is 1. The molecule has 0 aliphatic carbocycles. The van der Waals surface area contributed by atoms with Gasteiger partial charge in [0.25, 0.3) is 5.56 Å². The number of phenolic OH excluding ortho intramolecular Hbond substituents is 1. The summed E-state index contributed by atoms with van der Waals surface area (Å²) in [5.74, 6) is 0.179. The van der Waals surface area contributed by atoms with Crippen LogP contribution in [-0.2, 0) is 6.42 Å². The maximum Gasteiger partial charge on any atom is 0.274 e. The Morgan fingerprint density at radius 2 is 2.00 bits per heavy atom. The first-order valence-electron chi connectivity index (χ1n) is 6.29. The molecule has 0 saturated heterocycles. The summed E-state index contributed by atoms with van der Waals surface area (Å²) in [5.41, 5.74) is 1.56. The van der Waals surface area contributed by atoms with Crippen molar-refractivity contribution in [2.75, 3.05) is 6.61 Å². The lowest BCUT2D eigenvalue weighted by molar-refractivity contribution is 0.299. The Hall–Kier alpha value is -2.01. The number of aliphatic hydroxyl groups excluding tert-OH is 1. The Labute approximate surface area is 111 Å². The van der Waals surface area contributed by atoms with Crippen LogP contribution in [0.1, 0.15) is 31.0 Å². The number of nitrogens with zero attached hydrogens (tertiary/aromatic N) is 1. The van der Waals surface area contributed by atoms with E-state index in [9.17, 15) is 9.90 Å². The number of hydrogen-bond acceptors (Lipinski definition) is 3. The van der Waals surface area contributed by atoms with Crippen LogP contribution in [0.25, 0.3) is 5.69 Å². The van der Waals surface area contributed by atoms with Crippen LogP contribution >= 0.6 is 0 Å². The fraction of sp³-hybridized carbons (Fsp3) is 0.357. The third kappa shape index (κ3) is 2.42. The monoisotopic (exact) mass is 262 g/mol. The molecule has 0 atom stereocenters. The van der Waals surface area contributed by atoms with Crippen LogP contribution in [0.2, 0.25) is 0 Å². The Morgan fingerprint density at radius 3 is 2.58 bits per heavy atom. The van der Waals surface area contributed by atoms with Crippen LogP contribution in [0.5, 0.6) is 5.75 Å². The Balaban J connectivity index is 2.63. The molecular weight excluding hydrogens is 244 g/mol. The van der Waals surface area contributed by atoms with E-state index in [0.29, 0.717) is 17.7 Å². The summed E-state index contributed by atoms with van der Waals surface area (Å²) in [4.78, 5) is 12.3. The molecule has 5 heteroatoms. The molecule has 1 aromatic heterocycles. The number of benzene rings is 1. The van der Waals surface area contributed by atoms with E-state index in [1.54, 1.807) is 18.2 Å². The molecule has 0 aliphatic heterocycles. The number of phenols is 1. The van der Waals surface area contributed by atoms with Crippen molar-refractivity contribution in [3.63, 3.8) is 0 Å². The van der Waals surface area contributed by atoms with Crippen molar-refractivity contribution in [2.45, 2.75) is 26.2 Å². The van der Waals surface area contributed by atoms with Crippen LogP contribution in [0, 0.1) is 0 Å². The van der Waals surface area contributed by atoms with Crippen molar-refractivity contribution >= 4 is 0 Å². The van der Waals surface area contributed by atoms with Gasteiger partial charge in [-0.3, -0.25) is 9.89 Å². The lowest BCUT2D eigenvalue weighted by Gasteiger charge is -2.05. The van der Waals surface area contributed by atoms with E-state index in [4.69, 9.17) is 5.11 Å². The number of aromatic nitrogens is 2. The first-order chi connectivity index (χ1) is 9.06. The van der Waals surface area contributed by atoms with E-state index in [1.165, 1.54) is 10.7 Å². The molecule has 102 valence electrons. The molecule has 0 amide bonds. The zero-order valence-corrected chi connectivity index (χ0v) is 11.1. The van der Waals surface area contributed by atoms with E-state index in [-0.39, 0.29) is 23.8 Å². The molecule has 19 heavy (non-hydrogen) atoms. The Kier molecular flexibility index (Phi) is 3.76. The fourth-order valence-electron chi connectivity index (χ4n) is 2.14. The molecule has 5 nitrogen and oxygen atoms in total. The van der Waals surface area contributed by atoms with Gasteiger partial charge in [0.15, 0.2) is 0 Å². The summed E-state index contributed by atoms with van der Waals surface area (Å²) in [7, 11) is 0. The van der Waals surface area contributed by atoms with Crippen molar-refractivity contribution in [1.29, 1.82) is 0 Å². The number of para-hydroxylation sites is 2. The van der Waals surface area contributed by atoms with Crippen LogP contribution in [0.15, 0.2) is 29.1 Å². The zero-order valence-electron chi connectivity index (χ0n) is 11.1. The summed E-state index contributed by atoms with van der Waals surface area (Å²) < 4.78 is 1.33. The van der Waals surface area contributed by atoms with Crippen molar-refractivity contribution in [3.8, 4) is 11.4 Å². The van der Waals surface area contributed by atoms with Crippen LogP contribution in [0.3, 0.4) is 0 Å². The largest absolute Gasteiger partial charge is 0.506 e. The highest BCUT2D eigenvalue weighted by molar-refractivity contribution is 5.45. The van der Waals surface area contributed by atoms with Gasteiger partial charge in [0.05, 0.1) is 0 Å². The standard InChI is InChI=1S/C14H18N2O3/c1-9(2)13-10(7-8-17)14(19)16(15-13)11-5-3-4-6-12(11)18/h3-6,9,15,17-18H,7-8H2,1-2H3. The first kappa shape index (κ1) is 13.4. The fourth-order valence-corrected chi connectivity index (χ4v) is 2.14. The number of H-pyrrole nitrogens is 1. The van der Waals surface area contributed by atoms with Crippen molar-refractivity contribution < 1.29 is 10.2 Å². The van der Waals surface area contributed by atoms with E-state index < -0.39 is 0 Å². The normalized spacial score (nSPS) is 11.2. The minimum Gasteiger partial charge on any atom is -0.506 e. The van der Waals surface area contributed by atoms with Gasteiger partial charge in [0.1, 0.15) is 11.4 Å². The number of aromatic amines is 1. The maximum absolute atomic E-state index is 12.3. The molecule has 2 rings (SSSR count). The molecule has 0 unspecified atom stereocenters. The highest BCUT2D eigenvalue weighted by Gasteiger charge is 2.18. The number of nitrogens with one attached hydrogen (secondary N) is 1. The van der Waals surface area contributed by atoms with Gasteiger partial charge in [-0.05, 0) is 18.1 Å². The summed E-state index contributed by atoms with van der Waals surface area (Å²) >= 11 is 0. The molecule has 0 spiro atoms. The predicted molar refractivity (Wildman–Crippen MR) is 72.9 cm³/mol. The molecular formula is C14H18N2O3. The third-order valence-corrected chi connectivity index (χ3v) is 3.08. The average Bonchev–Trinajstić information content (AvgIpc) is 2.69. The molecule has 3 N–H and O–H groups in total. The van der Waals surface area contributed by atoms with Gasteiger partial charge >= 0.3 is 0 Å². The lowest BCUT2D eigenvalue weighted by atomic mass is 10.0. The lowest BCUT2D eigenvalue weighted by Crippen LogP contribution is -2.18. The van der Waals surface area contributed by atoms with Gasteiger partial charge in [0, 0.05) is 24.3 Å². The molecule has 0 aliphatic rings. The second-order valence-corrected chi connectivity index (χ2v) is 4.76. The van der Waals surface area contributed by atoms with Crippen LogP contribution < -0.4 is 5.56 Å². The quantitative estimate of drug-likeness (QED) is 0.782. The number of rotatable bonds is 4. The minimum absolute atomic E-state index is 0.0386. The number of hydrogen-bond donors (Lipinski definition) is 3. The molecule has 0 fully saturated rings. The highest BCUT2D eigenvalue weighted by Crippen LogP contribution is 2.21. The SMILES string of the molecule is CC(C)c1[nH]n(-c2ccccc2O)c(=O)c1CCO. The van der Waals surface area contributed by atoms with E-state index >= 15 is 0 Å². The van der Waals surface area contributed by atoms with E-state index in [0.717, 1.165) is 5.69 Å². The van der Waals surface area contributed by atoms with E-state index in [2.05, 4.69) is 5.10 Å². The number of aliphatic hydroxyl groups is 1. The van der Waals surface area contributed by atoms with Crippen LogP contribution in [0.4, 0.5) is 0 Å². The molecule has 0 bridgehead atoms. The van der Waals surface area contributed by atoms with Crippen molar-refractivity contribution in [3.05, 3.63) is 45.9 Å². The third-order valence-electron chi connectivity index (χ3n) is 3.08. The summed E-state index contributed by atoms with van der Waals surface area (Å²) in [5, 5.41) is 21.9. The van der Waals surface area contributed by atoms with Gasteiger partial charge < -0.3 is 10.2 Å². The predicted octanol–water partition coefficient (Wildman–Crippen LogP) is 1.53. The van der Waals surface area contributed by atoms with Crippen molar-refractivity contribution in [2.24, 2.45) is 0 Å². The molecule has 2 aromatic rings. The molecule has 1 aromatic carbocycles. The van der Waals surface area contributed by atoms with E-state index in [1.807, 2.05) is 13.8 Å². The topological polar surface area (TPSA) is 78.2 Å². The summed E-state index contributed by atoms with van der Waals surface area (Å²) in [6, 6.07) is 6.65. The first-order valence-corrected chi connectivity index (χ1v) is 6.29. The molecule has 1 heterocycles. The van der Waals surface area contributed by atoms with Gasteiger partial charge in [-0.15, -0.1) is 0 Å².